The van der Waals surface area contributed by atoms with Crippen molar-refractivity contribution >= 4 is 55.4 Å². The van der Waals surface area contributed by atoms with Crippen molar-refractivity contribution in [3.63, 3.8) is 0 Å². The molecule has 0 saturated carbocycles. The normalized spacial score (nSPS) is 12.1. The molecule has 1 aromatic heterocycles. The summed E-state index contributed by atoms with van der Waals surface area (Å²) in [7, 11) is 0. The molecular weight excluding hydrogens is 468 g/mol. The zero-order chi connectivity index (χ0) is 26.3. The summed E-state index contributed by atoms with van der Waals surface area (Å²) >= 11 is 0. The molecule has 0 radical (unpaired) electrons. The van der Waals surface area contributed by atoms with E-state index < -0.39 is 11.7 Å². The molecule has 0 bridgehead atoms. The SMILES string of the molecule is CC(C)(C)OC(=O)N/C=C/c1cc(-c2ccccc2)nc2ccc3ccc4ccc5ccccc5c4c3c12. The molecule has 38 heavy (non-hydrogen) atoms. The molecule has 1 heterocycles. The minimum atomic E-state index is -0.571. The molecule has 1 amide bonds. The average Bonchev–Trinajstić information content (AvgIpc) is 2.91. The van der Waals surface area contributed by atoms with Crippen LogP contribution in [0.4, 0.5) is 4.79 Å². The highest BCUT2D eigenvalue weighted by Gasteiger charge is 2.16. The van der Waals surface area contributed by atoms with Crippen LogP contribution in [0.3, 0.4) is 0 Å². The Balaban J connectivity index is 1.64. The van der Waals surface area contributed by atoms with Gasteiger partial charge < -0.3 is 4.74 Å². The second-order valence-corrected chi connectivity index (χ2v) is 10.5. The summed E-state index contributed by atoms with van der Waals surface area (Å²) in [6.07, 6.45) is 3.10. The van der Waals surface area contributed by atoms with E-state index in [0.29, 0.717) is 0 Å². The van der Waals surface area contributed by atoms with Crippen LogP contribution in [0, 0.1) is 0 Å². The minimum Gasteiger partial charge on any atom is -0.444 e. The average molecular weight is 497 g/mol. The summed E-state index contributed by atoms with van der Waals surface area (Å²) in [5.41, 5.74) is 3.21. The Bertz CT molecular complexity index is 1860. The van der Waals surface area contributed by atoms with Gasteiger partial charge in [0.2, 0.25) is 0 Å². The van der Waals surface area contributed by atoms with Crippen LogP contribution in [0.25, 0.3) is 60.6 Å². The van der Waals surface area contributed by atoms with E-state index in [4.69, 9.17) is 9.72 Å². The smallest absolute Gasteiger partial charge is 0.411 e. The maximum absolute atomic E-state index is 12.3. The molecule has 0 spiro atoms. The number of fused-ring (bicyclic) bond motifs is 7. The molecule has 5 aromatic carbocycles. The lowest BCUT2D eigenvalue weighted by atomic mass is 9.92. The lowest BCUT2D eigenvalue weighted by molar-refractivity contribution is 0.0553. The first kappa shape index (κ1) is 23.7. The maximum atomic E-state index is 12.3. The van der Waals surface area contributed by atoms with Crippen molar-refractivity contribution in [3.05, 3.63) is 109 Å². The molecule has 6 aromatic rings. The van der Waals surface area contributed by atoms with Crippen molar-refractivity contribution in [1.29, 1.82) is 0 Å². The van der Waals surface area contributed by atoms with Gasteiger partial charge in [-0.15, -0.1) is 0 Å². The van der Waals surface area contributed by atoms with Gasteiger partial charge in [-0.2, -0.15) is 0 Å². The number of ether oxygens (including phenoxy) is 1. The standard InChI is InChI=1S/C34H28N2O2/c1-34(2,3)38-33(37)35-20-19-26-21-29(23-10-5-4-6-11-23)36-28-18-17-25-16-15-24-14-13-22-9-7-8-12-27(22)30(24)32(25)31(26)28/h4-21H,1-3H3,(H,35,37)/b20-19+. The summed E-state index contributed by atoms with van der Waals surface area (Å²) in [6.45, 7) is 5.54. The predicted molar refractivity (Wildman–Crippen MR) is 158 cm³/mol. The lowest BCUT2D eigenvalue weighted by Gasteiger charge is -2.18. The van der Waals surface area contributed by atoms with Crippen molar-refractivity contribution in [2.45, 2.75) is 26.4 Å². The number of carbonyl (C=O) groups is 1. The molecule has 4 heteroatoms. The van der Waals surface area contributed by atoms with Crippen molar-refractivity contribution in [3.8, 4) is 11.3 Å². The molecule has 0 aliphatic heterocycles. The van der Waals surface area contributed by atoms with E-state index in [0.717, 1.165) is 38.5 Å². The van der Waals surface area contributed by atoms with Gasteiger partial charge in [-0.1, -0.05) is 84.9 Å². The Hall–Kier alpha value is -4.70. The lowest BCUT2D eigenvalue weighted by Crippen LogP contribution is -2.29. The first-order valence-electron chi connectivity index (χ1n) is 12.8. The van der Waals surface area contributed by atoms with Gasteiger partial charge in [0, 0.05) is 22.5 Å². The molecule has 6 rings (SSSR count). The van der Waals surface area contributed by atoms with Crippen molar-refractivity contribution < 1.29 is 9.53 Å². The topological polar surface area (TPSA) is 51.2 Å². The van der Waals surface area contributed by atoms with Crippen LogP contribution in [0.15, 0.2) is 103 Å². The molecule has 1 N–H and O–H groups in total. The number of aromatic nitrogens is 1. The second-order valence-electron chi connectivity index (χ2n) is 10.5. The number of carbonyl (C=O) groups excluding carboxylic acids is 1. The van der Waals surface area contributed by atoms with E-state index in [-0.39, 0.29) is 0 Å². The Morgan fingerprint density at radius 3 is 2.18 bits per heavy atom. The number of hydrogen-bond donors (Lipinski definition) is 1. The van der Waals surface area contributed by atoms with Gasteiger partial charge in [-0.25, -0.2) is 9.78 Å². The number of pyridine rings is 1. The van der Waals surface area contributed by atoms with E-state index in [1.165, 1.54) is 21.5 Å². The number of hydrogen-bond acceptors (Lipinski definition) is 3. The van der Waals surface area contributed by atoms with E-state index in [2.05, 4.69) is 84.2 Å². The highest BCUT2D eigenvalue weighted by Crippen LogP contribution is 2.38. The molecule has 0 fully saturated rings. The van der Waals surface area contributed by atoms with Crippen LogP contribution in [0.2, 0.25) is 0 Å². The maximum Gasteiger partial charge on any atom is 0.411 e. The second kappa shape index (κ2) is 9.31. The van der Waals surface area contributed by atoms with E-state index in [1.54, 1.807) is 6.20 Å². The summed E-state index contributed by atoms with van der Waals surface area (Å²) in [6, 6.07) is 33.7. The minimum absolute atomic E-state index is 0.489. The number of nitrogens with zero attached hydrogens (tertiary/aromatic N) is 1. The zero-order valence-electron chi connectivity index (χ0n) is 21.7. The van der Waals surface area contributed by atoms with Gasteiger partial charge in [0.15, 0.2) is 0 Å². The quantitative estimate of drug-likeness (QED) is 0.249. The van der Waals surface area contributed by atoms with Crippen molar-refractivity contribution in [2.75, 3.05) is 0 Å². The molecule has 0 aliphatic rings. The van der Waals surface area contributed by atoms with Crippen LogP contribution in [0.5, 0.6) is 0 Å². The van der Waals surface area contributed by atoms with Crippen LogP contribution < -0.4 is 5.32 Å². The van der Waals surface area contributed by atoms with E-state index in [9.17, 15) is 4.79 Å². The fraction of sp³-hybridized carbons (Fsp3) is 0.118. The summed E-state index contributed by atoms with van der Waals surface area (Å²) in [5.74, 6) is 0. The first-order chi connectivity index (χ1) is 18.4. The van der Waals surface area contributed by atoms with Crippen LogP contribution in [-0.2, 0) is 4.74 Å². The highest BCUT2D eigenvalue weighted by atomic mass is 16.6. The summed E-state index contributed by atoms with van der Waals surface area (Å²) in [4.78, 5) is 17.4. The third-order valence-corrected chi connectivity index (χ3v) is 6.62. The molecule has 0 saturated heterocycles. The van der Waals surface area contributed by atoms with Crippen LogP contribution in [0.1, 0.15) is 26.3 Å². The highest BCUT2D eigenvalue weighted by molar-refractivity contribution is 6.28. The van der Waals surface area contributed by atoms with Crippen molar-refractivity contribution in [2.24, 2.45) is 0 Å². The van der Waals surface area contributed by atoms with Gasteiger partial charge in [-0.05, 0) is 71.5 Å². The largest absolute Gasteiger partial charge is 0.444 e. The molecule has 4 nitrogen and oxygen atoms in total. The third-order valence-electron chi connectivity index (χ3n) is 6.62. The third kappa shape index (κ3) is 4.46. The first-order valence-corrected chi connectivity index (χ1v) is 12.8. The van der Waals surface area contributed by atoms with Gasteiger partial charge in [0.1, 0.15) is 5.60 Å². The van der Waals surface area contributed by atoms with Gasteiger partial charge in [-0.3, -0.25) is 5.32 Å². The Labute approximate surface area is 221 Å². The Morgan fingerprint density at radius 2 is 1.42 bits per heavy atom. The molecule has 0 atom stereocenters. The number of alkyl carbamates (subject to hydrolysis) is 1. The fourth-order valence-electron chi connectivity index (χ4n) is 5.06. The van der Waals surface area contributed by atoms with E-state index >= 15 is 0 Å². The van der Waals surface area contributed by atoms with Gasteiger partial charge in [0.05, 0.1) is 11.2 Å². The molecular formula is C34H28N2O2. The van der Waals surface area contributed by atoms with Crippen LogP contribution in [-0.4, -0.2) is 16.7 Å². The summed E-state index contributed by atoms with van der Waals surface area (Å²) < 4.78 is 5.42. The summed E-state index contributed by atoms with van der Waals surface area (Å²) in [5, 5.41) is 10.9. The van der Waals surface area contributed by atoms with Gasteiger partial charge in [0.25, 0.3) is 0 Å². The predicted octanol–water partition coefficient (Wildman–Crippen LogP) is 8.86. The fourth-order valence-corrected chi connectivity index (χ4v) is 5.06. The Morgan fingerprint density at radius 1 is 0.763 bits per heavy atom. The molecule has 0 aliphatic carbocycles. The number of nitrogens with one attached hydrogen (secondary N) is 1. The number of benzene rings is 5. The zero-order valence-corrected chi connectivity index (χ0v) is 21.7. The molecule has 186 valence electrons. The monoisotopic (exact) mass is 496 g/mol. The van der Waals surface area contributed by atoms with Crippen LogP contribution >= 0.6 is 0 Å². The number of amides is 1. The Kier molecular flexibility index (Phi) is 5.80. The number of rotatable bonds is 3. The van der Waals surface area contributed by atoms with Crippen molar-refractivity contribution in [1.82, 2.24) is 10.3 Å². The van der Waals surface area contributed by atoms with Gasteiger partial charge >= 0.3 is 6.09 Å². The van der Waals surface area contributed by atoms with E-state index in [1.807, 2.05) is 45.0 Å². The molecule has 0 unspecified atom stereocenters.